The van der Waals surface area contributed by atoms with Crippen LogP contribution < -0.4 is 0 Å². The molecular formula is C18H31NO4. The molecule has 0 radical (unpaired) electrons. The molecule has 0 N–H and O–H groups in total. The standard InChI is InChI=1S/C18H31NO4/c1-3-4-5-6-7-8-9-11-15(20)14-17(21)19-13-10-12-16(19)18(22)23-2/h16H,3-14H2,1-2H3. The first-order valence-corrected chi connectivity index (χ1v) is 8.99. The fourth-order valence-corrected chi connectivity index (χ4v) is 3.08. The molecule has 1 unspecified atom stereocenters. The third kappa shape index (κ3) is 7.14. The van der Waals surface area contributed by atoms with Crippen molar-refractivity contribution in [2.75, 3.05) is 13.7 Å². The Bertz CT molecular complexity index is 394. The summed E-state index contributed by atoms with van der Waals surface area (Å²) in [4.78, 5) is 37.3. The number of methoxy groups -OCH3 is 1. The third-order valence-electron chi connectivity index (χ3n) is 4.45. The van der Waals surface area contributed by atoms with Crippen LogP contribution in [0.4, 0.5) is 0 Å². The lowest BCUT2D eigenvalue weighted by Crippen LogP contribution is -2.41. The van der Waals surface area contributed by atoms with Gasteiger partial charge in [-0.15, -0.1) is 0 Å². The molecule has 0 aromatic heterocycles. The maximum atomic E-state index is 12.2. The lowest BCUT2D eigenvalue weighted by atomic mass is 10.1. The van der Waals surface area contributed by atoms with Gasteiger partial charge in [0, 0.05) is 13.0 Å². The Hall–Kier alpha value is -1.39. The van der Waals surface area contributed by atoms with Crippen molar-refractivity contribution < 1.29 is 19.1 Å². The SMILES string of the molecule is CCCCCCCCCC(=O)CC(=O)N1CCCC1C(=O)OC. The molecule has 0 saturated carbocycles. The quantitative estimate of drug-likeness (QED) is 0.332. The number of hydrogen-bond acceptors (Lipinski definition) is 4. The summed E-state index contributed by atoms with van der Waals surface area (Å²) >= 11 is 0. The van der Waals surface area contributed by atoms with E-state index in [2.05, 4.69) is 6.92 Å². The van der Waals surface area contributed by atoms with Crippen molar-refractivity contribution in [2.45, 2.75) is 83.6 Å². The molecule has 23 heavy (non-hydrogen) atoms. The Morgan fingerprint density at radius 3 is 2.35 bits per heavy atom. The largest absolute Gasteiger partial charge is 0.467 e. The molecule has 0 aliphatic carbocycles. The summed E-state index contributed by atoms with van der Waals surface area (Å²) in [5.74, 6) is -0.625. The number of ketones is 1. The lowest BCUT2D eigenvalue weighted by Gasteiger charge is -2.22. The molecule has 1 heterocycles. The van der Waals surface area contributed by atoms with E-state index < -0.39 is 6.04 Å². The summed E-state index contributed by atoms with van der Waals surface area (Å²) in [6, 6.07) is -0.501. The van der Waals surface area contributed by atoms with E-state index in [-0.39, 0.29) is 24.1 Å². The summed E-state index contributed by atoms with van der Waals surface area (Å²) in [5, 5.41) is 0. The van der Waals surface area contributed by atoms with Gasteiger partial charge in [-0.2, -0.15) is 0 Å². The predicted molar refractivity (Wildman–Crippen MR) is 89.0 cm³/mol. The number of rotatable bonds is 11. The van der Waals surface area contributed by atoms with Gasteiger partial charge in [-0.3, -0.25) is 9.59 Å². The molecule has 1 rings (SSSR count). The van der Waals surface area contributed by atoms with E-state index in [0.29, 0.717) is 19.4 Å². The molecule has 1 saturated heterocycles. The fourth-order valence-electron chi connectivity index (χ4n) is 3.08. The normalized spacial score (nSPS) is 17.3. The van der Waals surface area contributed by atoms with Crippen LogP contribution >= 0.6 is 0 Å². The average Bonchev–Trinajstić information content (AvgIpc) is 3.03. The number of Topliss-reactive ketones (excluding diaryl/α,β-unsaturated/α-hetero) is 1. The number of nitrogens with zero attached hydrogens (tertiary/aromatic N) is 1. The minimum atomic E-state index is -0.501. The zero-order valence-electron chi connectivity index (χ0n) is 14.6. The van der Waals surface area contributed by atoms with Crippen molar-refractivity contribution in [3.63, 3.8) is 0 Å². The molecule has 0 bridgehead atoms. The van der Waals surface area contributed by atoms with Crippen molar-refractivity contribution in [3.8, 4) is 0 Å². The highest BCUT2D eigenvalue weighted by molar-refractivity contribution is 5.99. The number of hydrogen-bond donors (Lipinski definition) is 0. The van der Waals surface area contributed by atoms with Crippen molar-refractivity contribution in [2.24, 2.45) is 0 Å². The first kappa shape index (κ1) is 19.7. The number of ether oxygens (including phenoxy) is 1. The van der Waals surface area contributed by atoms with Gasteiger partial charge >= 0.3 is 5.97 Å². The summed E-state index contributed by atoms with van der Waals surface area (Å²) in [5.41, 5.74) is 0. The number of likely N-dealkylation sites (tertiary alicyclic amines) is 1. The summed E-state index contributed by atoms with van der Waals surface area (Å²) in [6.45, 7) is 2.74. The molecule has 1 aliphatic heterocycles. The van der Waals surface area contributed by atoms with Gasteiger partial charge in [-0.25, -0.2) is 4.79 Å². The molecule has 1 aliphatic rings. The molecule has 1 atom stereocenters. The fraction of sp³-hybridized carbons (Fsp3) is 0.833. The molecule has 0 spiro atoms. The van der Waals surface area contributed by atoms with Gasteiger partial charge in [0.1, 0.15) is 11.8 Å². The van der Waals surface area contributed by atoms with Crippen LogP contribution in [0.5, 0.6) is 0 Å². The minimum absolute atomic E-state index is 0.0147. The molecule has 0 aromatic rings. The molecular weight excluding hydrogens is 294 g/mol. The number of amides is 1. The average molecular weight is 325 g/mol. The Kier molecular flexibility index (Phi) is 9.57. The first-order chi connectivity index (χ1) is 11.1. The van der Waals surface area contributed by atoms with Gasteiger partial charge in [0.15, 0.2) is 0 Å². The highest BCUT2D eigenvalue weighted by Gasteiger charge is 2.35. The molecule has 1 fully saturated rings. The van der Waals surface area contributed by atoms with E-state index in [9.17, 15) is 14.4 Å². The molecule has 5 nitrogen and oxygen atoms in total. The topological polar surface area (TPSA) is 63.7 Å². The highest BCUT2D eigenvalue weighted by Crippen LogP contribution is 2.20. The maximum Gasteiger partial charge on any atom is 0.328 e. The van der Waals surface area contributed by atoms with E-state index >= 15 is 0 Å². The number of esters is 1. The van der Waals surface area contributed by atoms with Crippen molar-refractivity contribution >= 4 is 17.7 Å². The van der Waals surface area contributed by atoms with Crippen molar-refractivity contribution in [1.82, 2.24) is 4.90 Å². The van der Waals surface area contributed by atoms with Crippen LogP contribution in [0.1, 0.15) is 77.6 Å². The van der Waals surface area contributed by atoms with Gasteiger partial charge in [0.25, 0.3) is 0 Å². The zero-order valence-corrected chi connectivity index (χ0v) is 14.6. The van der Waals surface area contributed by atoms with E-state index in [0.717, 1.165) is 25.7 Å². The smallest absolute Gasteiger partial charge is 0.328 e. The van der Waals surface area contributed by atoms with Gasteiger partial charge in [-0.05, 0) is 19.3 Å². The number of carbonyl (C=O) groups excluding carboxylic acids is 3. The highest BCUT2D eigenvalue weighted by atomic mass is 16.5. The first-order valence-electron chi connectivity index (χ1n) is 8.99. The molecule has 0 aromatic carbocycles. The van der Waals surface area contributed by atoms with Crippen LogP contribution in [0.25, 0.3) is 0 Å². The van der Waals surface area contributed by atoms with Crippen molar-refractivity contribution in [3.05, 3.63) is 0 Å². The second kappa shape index (κ2) is 11.2. The maximum absolute atomic E-state index is 12.2. The lowest BCUT2D eigenvalue weighted by molar-refractivity contribution is -0.151. The van der Waals surface area contributed by atoms with Gasteiger partial charge in [0.05, 0.1) is 13.5 Å². The van der Waals surface area contributed by atoms with Gasteiger partial charge in [0.2, 0.25) is 5.91 Å². The monoisotopic (exact) mass is 325 g/mol. The second-order valence-electron chi connectivity index (χ2n) is 6.36. The van der Waals surface area contributed by atoms with E-state index in [1.54, 1.807) is 0 Å². The minimum Gasteiger partial charge on any atom is -0.467 e. The van der Waals surface area contributed by atoms with Crippen LogP contribution in [0.3, 0.4) is 0 Å². The van der Waals surface area contributed by atoms with Crippen LogP contribution in [-0.4, -0.2) is 42.3 Å². The summed E-state index contributed by atoms with van der Waals surface area (Å²) in [7, 11) is 1.33. The Balaban J connectivity index is 2.20. The van der Waals surface area contributed by atoms with Crippen molar-refractivity contribution in [1.29, 1.82) is 0 Å². The third-order valence-corrected chi connectivity index (χ3v) is 4.45. The number of unbranched alkanes of at least 4 members (excludes halogenated alkanes) is 6. The Morgan fingerprint density at radius 2 is 1.70 bits per heavy atom. The summed E-state index contributed by atoms with van der Waals surface area (Å²) < 4.78 is 4.72. The number of carbonyl (C=O) groups is 3. The summed E-state index contributed by atoms with van der Waals surface area (Å²) in [6.07, 6.45) is 9.91. The van der Waals surface area contributed by atoms with E-state index in [1.165, 1.54) is 37.7 Å². The second-order valence-corrected chi connectivity index (χ2v) is 6.36. The van der Waals surface area contributed by atoms with Crippen LogP contribution in [0, 0.1) is 0 Å². The van der Waals surface area contributed by atoms with E-state index in [1.807, 2.05) is 0 Å². The Labute approximate surface area is 139 Å². The molecule has 1 amide bonds. The van der Waals surface area contributed by atoms with E-state index in [4.69, 9.17) is 4.74 Å². The predicted octanol–water partition coefficient (Wildman–Crippen LogP) is 3.25. The van der Waals surface area contributed by atoms with Crippen LogP contribution in [0.2, 0.25) is 0 Å². The van der Waals surface area contributed by atoms with Gasteiger partial charge in [-0.1, -0.05) is 45.4 Å². The molecule has 132 valence electrons. The Morgan fingerprint density at radius 1 is 1.04 bits per heavy atom. The van der Waals surface area contributed by atoms with Gasteiger partial charge < -0.3 is 9.64 Å². The zero-order chi connectivity index (χ0) is 17.1. The van der Waals surface area contributed by atoms with Crippen LogP contribution in [0.15, 0.2) is 0 Å². The van der Waals surface area contributed by atoms with Crippen LogP contribution in [-0.2, 0) is 19.1 Å². The molecule has 5 heteroatoms.